The number of carbonyl (C=O) groups is 2. The second-order valence-electron chi connectivity index (χ2n) is 9.12. The fourth-order valence-electron chi connectivity index (χ4n) is 4.30. The normalized spacial score (nSPS) is 17.6. The largest absolute Gasteiger partial charge is 0.573 e. The van der Waals surface area contributed by atoms with Gasteiger partial charge in [0.25, 0.3) is 5.91 Å². The minimum Gasteiger partial charge on any atom is -0.404 e. The van der Waals surface area contributed by atoms with Crippen molar-refractivity contribution >= 4 is 34.0 Å². The van der Waals surface area contributed by atoms with Crippen LogP contribution in [0.4, 0.5) is 24.0 Å². The van der Waals surface area contributed by atoms with E-state index < -0.39 is 29.5 Å². The number of amides is 2. The van der Waals surface area contributed by atoms with Crippen molar-refractivity contribution in [2.45, 2.75) is 24.7 Å². The number of aromatic nitrogens is 3. The first-order valence-corrected chi connectivity index (χ1v) is 12.7. The number of nitrogens with zero attached hydrogens (tertiary/aromatic N) is 5. The highest BCUT2D eigenvalue weighted by atomic mass is 32.1. The van der Waals surface area contributed by atoms with Gasteiger partial charge in [0.15, 0.2) is 10.8 Å². The zero-order valence-corrected chi connectivity index (χ0v) is 21.1. The summed E-state index contributed by atoms with van der Waals surface area (Å²) in [6.45, 7) is 2.95. The molecule has 200 valence electrons. The first kappa shape index (κ1) is 26.0. The predicted molar refractivity (Wildman–Crippen MR) is 134 cm³/mol. The van der Waals surface area contributed by atoms with Crippen LogP contribution in [0.3, 0.4) is 0 Å². The van der Waals surface area contributed by atoms with Crippen molar-refractivity contribution in [1.29, 1.82) is 0 Å². The average Bonchev–Trinajstić information content (AvgIpc) is 3.57. The van der Waals surface area contributed by atoms with Crippen molar-refractivity contribution in [3.63, 3.8) is 0 Å². The molecule has 1 aliphatic carbocycles. The van der Waals surface area contributed by atoms with Gasteiger partial charge in [-0.15, -0.1) is 23.4 Å². The summed E-state index contributed by atoms with van der Waals surface area (Å²) < 4.78 is 43.4. The summed E-state index contributed by atoms with van der Waals surface area (Å²) in [6.07, 6.45) is -2.17. The first-order valence-electron chi connectivity index (χ1n) is 11.8. The van der Waals surface area contributed by atoms with E-state index in [-0.39, 0.29) is 16.4 Å². The molecule has 38 heavy (non-hydrogen) atoms. The molecule has 0 atom stereocenters. The van der Waals surface area contributed by atoms with Crippen LogP contribution in [0.2, 0.25) is 0 Å². The Kier molecular flexibility index (Phi) is 7.03. The fourth-order valence-corrected chi connectivity index (χ4v) is 5.01. The molecule has 5 rings (SSSR count). The fraction of sp³-hybridized carbons (Fsp3) is 0.375. The zero-order chi connectivity index (χ0) is 26.9. The summed E-state index contributed by atoms with van der Waals surface area (Å²) in [4.78, 5) is 34.6. The van der Waals surface area contributed by atoms with Crippen LogP contribution in [-0.4, -0.2) is 81.9 Å². The van der Waals surface area contributed by atoms with Gasteiger partial charge >= 0.3 is 6.36 Å². The van der Waals surface area contributed by atoms with Gasteiger partial charge in [-0.25, -0.2) is 0 Å². The van der Waals surface area contributed by atoms with Crippen molar-refractivity contribution in [2.75, 3.05) is 43.9 Å². The smallest absolute Gasteiger partial charge is 0.404 e. The van der Waals surface area contributed by atoms with Gasteiger partial charge in [0.2, 0.25) is 11.0 Å². The molecule has 1 saturated carbocycles. The zero-order valence-electron chi connectivity index (χ0n) is 20.3. The average molecular weight is 548 g/mol. The third-order valence-corrected chi connectivity index (χ3v) is 7.36. The summed E-state index contributed by atoms with van der Waals surface area (Å²) in [7, 11) is 2.00. The Morgan fingerprint density at radius 2 is 1.82 bits per heavy atom. The van der Waals surface area contributed by atoms with Gasteiger partial charge in [-0.3, -0.25) is 24.8 Å². The topological polar surface area (TPSA) is 113 Å². The molecule has 0 spiro atoms. The van der Waals surface area contributed by atoms with Crippen LogP contribution in [0.15, 0.2) is 42.6 Å². The second kappa shape index (κ2) is 10.3. The number of halogens is 3. The highest BCUT2D eigenvalue weighted by Crippen LogP contribution is 2.44. The number of ether oxygens (including phenoxy) is 1. The maximum Gasteiger partial charge on any atom is 0.573 e. The Morgan fingerprint density at radius 3 is 2.47 bits per heavy atom. The molecule has 1 aliphatic heterocycles. The van der Waals surface area contributed by atoms with Crippen LogP contribution in [0, 0.1) is 0 Å². The number of hydrogen-bond donors (Lipinski definition) is 2. The van der Waals surface area contributed by atoms with Gasteiger partial charge in [-0.2, -0.15) is 0 Å². The van der Waals surface area contributed by atoms with Gasteiger partial charge < -0.3 is 15.0 Å². The Labute approximate surface area is 219 Å². The van der Waals surface area contributed by atoms with Crippen LogP contribution in [0.1, 0.15) is 23.2 Å². The quantitative estimate of drug-likeness (QED) is 0.463. The maximum absolute atomic E-state index is 13.3. The standard InChI is InChI=1S/C24H24F3N7O3S/c1-33-10-12-34(13-11-33)23(7-8-23)21(36)29-17-14-15(5-6-18(17)37-24(25,26)27)19(35)30-22-32-31-20(38-22)16-4-2-3-9-28-16/h2-6,9,14H,7-8,10-13H2,1H3,(H,29,36)(H,30,32,35). The van der Waals surface area contributed by atoms with E-state index in [0.717, 1.165) is 36.6 Å². The molecule has 2 aromatic heterocycles. The summed E-state index contributed by atoms with van der Waals surface area (Å²) in [5.41, 5.74) is -0.428. The number of piperazine rings is 1. The summed E-state index contributed by atoms with van der Waals surface area (Å²) in [6, 6.07) is 8.64. The molecule has 2 aliphatic rings. The van der Waals surface area contributed by atoms with E-state index in [1.807, 2.05) is 7.05 Å². The number of anilines is 2. The molecule has 1 saturated heterocycles. The Morgan fingerprint density at radius 1 is 1.05 bits per heavy atom. The van der Waals surface area contributed by atoms with Crippen molar-refractivity contribution in [3.05, 3.63) is 48.2 Å². The third-order valence-electron chi connectivity index (χ3n) is 6.50. The molecule has 3 aromatic rings. The number of nitrogens with one attached hydrogen (secondary N) is 2. The SMILES string of the molecule is CN1CCN(C2(C(=O)Nc3cc(C(=O)Nc4nnc(-c5ccccn5)s4)ccc3OC(F)(F)F)CC2)CC1. The van der Waals surface area contributed by atoms with Gasteiger partial charge in [0, 0.05) is 37.9 Å². The molecular formula is C24H24F3N7O3S. The molecular weight excluding hydrogens is 523 g/mol. The number of alkyl halides is 3. The highest BCUT2D eigenvalue weighted by molar-refractivity contribution is 7.18. The molecule has 14 heteroatoms. The first-order chi connectivity index (χ1) is 18.1. The van der Waals surface area contributed by atoms with Crippen LogP contribution in [0.25, 0.3) is 10.7 Å². The molecule has 0 unspecified atom stereocenters. The molecule has 0 bridgehead atoms. The Hall–Kier alpha value is -3.62. The van der Waals surface area contributed by atoms with E-state index in [1.165, 1.54) is 6.07 Å². The van der Waals surface area contributed by atoms with Gasteiger partial charge in [-0.05, 0) is 50.2 Å². The summed E-state index contributed by atoms with van der Waals surface area (Å²) in [5.74, 6) is -1.66. The molecule has 3 heterocycles. The van der Waals surface area contributed by atoms with Crippen LogP contribution < -0.4 is 15.4 Å². The van der Waals surface area contributed by atoms with Gasteiger partial charge in [-0.1, -0.05) is 17.4 Å². The van der Waals surface area contributed by atoms with Crippen LogP contribution in [0.5, 0.6) is 5.75 Å². The minimum atomic E-state index is -4.98. The van der Waals surface area contributed by atoms with Crippen molar-refractivity contribution in [2.24, 2.45) is 0 Å². The molecule has 10 nitrogen and oxygen atoms in total. The second-order valence-corrected chi connectivity index (χ2v) is 10.1. The maximum atomic E-state index is 13.3. The highest BCUT2D eigenvalue weighted by Gasteiger charge is 2.55. The van der Waals surface area contributed by atoms with E-state index in [2.05, 4.69) is 40.4 Å². The van der Waals surface area contributed by atoms with E-state index in [4.69, 9.17) is 0 Å². The molecule has 0 radical (unpaired) electrons. The lowest BCUT2D eigenvalue weighted by molar-refractivity contribution is -0.274. The van der Waals surface area contributed by atoms with Gasteiger partial charge in [0.05, 0.1) is 5.69 Å². The number of pyridine rings is 1. The van der Waals surface area contributed by atoms with Crippen molar-refractivity contribution in [1.82, 2.24) is 25.0 Å². The lowest BCUT2D eigenvalue weighted by atomic mass is 10.1. The predicted octanol–water partition coefficient (Wildman–Crippen LogP) is 3.47. The Bertz CT molecular complexity index is 1320. The third kappa shape index (κ3) is 5.76. The lowest BCUT2D eigenvalue weighted by Gasteiger charge is -2.37. The van der Waals surface area contributed by atoms with Crippen molar-refractivity contribution < 1.29 is 27.5 Å². The van der Waals surface area contributed by atoms with Gasteiger partial charge in [0.1, 0.15) is 11.2 Å². The van der Waals surface area contributed by atoms with Crippen LogP contribution >= 0.6 is 11.3 Å². The summed E-state index contributed by atoms with van der Waals surface area (Å²) in [5, 5.41) is 13.8. The van der Waals surface area contributed by atoms with E-state index >= 15 is 0 Å². The van der Waals surface area contributed by atoms with Crippen molar-refractivity contribution in [3.8, 4) is 16.5 Å². The Balaban J connectivity index is 1.34. The summed E-state index contributed by atoms with van der Waals surface area (Å²) >= 11 is 1.09. The number of benzene rings is 1. The monoisotopic (exact) mass is 547 g/mol. The molecule has 2 amide bonds. The molecule has 2 fully saturated rings. The minimum absolute atomic E-state index is 0.00820. The number of likely N-dealkylation sites (N-methyl/N-ethyl adjacent to an activating group) is 1. The number of carbonyl (C=O) groups excluding carboxylic acids is 2. The number of rotatable bonds is 7. The molecule has 2 N–H and O–H groups in total. The van der Waals surface area contributed by atoms with E-state index in [9.17, 15) is 22.8 Å². The van der Waals surface area contributed by atoms with E-state index in [1.54, 1.807) is 24.4 Å². The molecule has 1 aromatic carbocycles. The van der Waals surface area contributed by atoms with Crippen LogP contribution in [-0.2, 0) is 4.79 Å². The lowest BCUT2D eigenvalue weighted by Crippen LogP contribution is -2.54. The number of hydrogen-bond acceptors (Lipinski definition) is 9. The van der Waals surface area contributed by atoms with E-state index in [0.29, 0.717) is 36.6 Å².